The molecule has 26 heavy (non-hydrogen) atoms. The molecule has 0 aliphatic rings. The molecule has 0 N–H and O–H groups in total. The summed E-state index contributed by atoms with van der Waals surface area (Å²) in [5.41, 5.74) is 0. The first-order valence-corrected chi connectivity index (χ1v) is 11.0. The van der Waals surface area contributed by atoms with Gasteiger partial charge in [0.2, 0.25) is 0 Å². The van der Waals surface area contributed by atoms with Gasteiger partial charge in [0.1, 0.15) is 0 Å². The maximum atomic E-state index is 11.4. The molecule has 0 bridgehead atoms. The van der Waals surface area contributed by atoms with Gasteiger partial charge in [-0.05, 0) is 25.7 Å². The van der Waals surface area contributed by atoms with Crippen molar-refractivity contribution in [3.63, 3.8) is 0 Å². The number of carbonyl (C=O) groups is 2. The van der Waals surface area contributed by atoms with Crippen LogP contribution in [0.5, 0.6) is 0 Å². The summed E-state index contributed by atoms with van der Waals surface area (Å²) in [6.07, 6.45) is 16.7. The van der Waals surface area contributed by atoms with Crippen molar-refractivity contribution in [2.45, 2.75) is 117 Å². The highest BCUT2D eigenvalue weighted by Crippen LogP contribution is 2.09. The van der Waals surface area contributed by atoms with E-state index in [0.29, 0.717) is 26.1 Å². The largest absolute Gasteiger partial charge is 0.466 e. The Morgan fingerprint density at radius 2 is 0.846 bits per heavy atom. The Bertz CT molecular complexity index is 296. The SMILES string of the molecule is CCCCCC(=O)OCCCCCCCCCCOC(=O)CCCCC. The van der Waals surface area contributed by atoms with E-state index in [2.05, 4.69) is 13.8 Å². The van der Waals surface area contributed by atoms with Gasteiger partial charge in [0, 0.05) is 12.8 Å². The van der Waals surface area contributed by atoms with E-state index in [1.165, 1.54) is 25.7 Å². The van der Waals surface area contributed by atoms with Gasteiger partial charge in [-0.1, -0.05) is 78.1 Å². The van der Waals surface area contributed by atoms with E-state index in [-0.39, 0.29) is 11.9 Å². The Morgan fingerprint density at radius 1 is 0.500 bits per heavy atom. The van der Waals surface area contributed by atoms with Crippen LogP contribution in [0.15, 0.2) is 0 Å². The Hall–Kier alpha value is -1.06. The molecule has 0 aromatic rings. The molecule has 0 saturated carbocycles. The molecule has 4 nitrogen and oxygen atoms in total. The van der Waals surface area contributed by atoms with E-state index in [9.17, 15) is 9.59 Å². The van der Waals surface area contributed by atoms with Crippen molar-refractivity contribution >= 4 is 11.9 Å². The molecule has 0 aromatic heterocycles. The molecule has 0 atom stereocenters. The number of hydrogen-bond acceptors (Lipinski definition) is 4. The normalized spacial score (nSPS) is 10.7. The molecule has 0 aromatic carbocycles. The van der Waals surface area contributed by atoms with Gasteiger partial charge in [-0.2, -0.15) is 0 Å². The highest BCUT2D eigenvalue weighted by Gasteiger charge is 2.02. The van der Waals surface area contributed by atoms with Crippen molar-refractivity contribution in [3.8, 4) is 0 Å². The summed E-state index contributed by atoms with van der Waals surface area (Å²) >= 11 is 0. The lowest BCUT2D eigenvalue weighted by molar-refractivity contribution is -0.144. The van der Waals surface area contributed by atoms with Crippen LogP contribution in [0, 0.1) is 0 Å². The van der Waals surface area contributed by atoms with Gasteiger partial charge < -0.3 is 9.47 Å². The molecule has 0 spiro atoms. The average molecular weight is 371 g/mol. The molecule has 0 amide bonds. The van der Waals surface area contributed by atoms with Gasteiger partial charge in [-0.15, -0.1) is 0 Å². The maximum absolute atomic E-state index is 11.4. The van der Waals surface area contributed by atoms with Crippen molar-refractivity contribution in [2.75, 3.05) is 13.2 Å². The number of hydrogen-bond donors (Lipinski definition) is 0. The minimum Gasteiger partial charge on any atom is -0.466 e. The smallest absolute Gasteiger partial charge is 0.305 e. The van der Waals surface area contributed by atoms with Gasteiger partial charge in [0.25, 0.3) is 0 Å². The zero-order chi connectivity index (χ0) is 19.3. The minimum absolute atomic E-state index is 0.0375. The summed E-state index contributed by atoms with van der Waals surface area (Å²) < 4.78 is 10.5. The van der Waals surface area contributed by atoms with E-state index in [1.54, 1.807) is 0 Å². The van der Waals surface area contributed by atoms with Crippen molar-refractivity contribution in [2.24, 2.45) is 0 Å². The third kappa shape index (κ3) is 19.3. The predicted molar refractivity (Wildman–Crippen MR) is 107 cm³/mol. The van der Waals surface area contributed by atoms with E-state index in [0.717, 1.165) is 64.2 Å². The topological polar surface area (TPSA) is 52.6 Å². The second kappa shape index (κ2) is 20.3. The summed E-state index contributed by atoms with van der Waals surface area (Å²) in [5.74, 6) is -0.0750. The Labute approximate surface area is 161 Å². The molecule has 0 fully saturated rings. The van der Waals surface area contributed by atoms with E-state index in [4.69, 9.17) is 9.47 Å². The third-order valence-corrected chi connectivity index (χ3v) is 4.53. The molecule has 0 rings (SSSR count). The average Bonchev–Trinajstić information content (AvgIpc) is 2.63. The molecule has 0 aliphatic carbocycles. The van der Waals surface area contributed by atoms with E-state index >= 15 is 0 Å². The minimum atomic E-state index is -0.0375. The lowest BCUT2D eigenvalue weighted by Gasteiger charge is -2.06. The Morgan fingerprint density at radius 3 is 1.19 bits per heavy atom. The van der Waals surface area contributed by atoms with E-state index in [1.807, 2.05) is 0 Å². The Balaban J connectivity index is 3.17. The molecule has 0 heterocycles. The predicted octanol–water partition coefficient (Wildman–Crippen LogP) is 6.35. The van der Waals surface area contributed by atoms with Crippen molar-refractivity contribution in [1.29, 1.82) is 0 Å². The van der Waals surface area contributed by atoms with Crippen LogP contribution < -0.4 is 0 Å². The lowest BCUT2D eigenvalue weighted by Crippen LogP contribution is -2.05. The summed E-state index contributed by atoms with van der Waals surface area (Å²) in [7, 11) is 0. The van der Waals surface area contributed by atoms with Crippen molar-refractivity contribution in [1.82, 2.24) is 0 Å². The van der Waals surface area contributed by atoms with Crippen LogP contribution in [0.1, 0.15) is 117 Å². The second-order valence-electron chi connectivity index (χ2n) is 7.18. The number of rotatable bonds is 19. The van der Waals surface area contributed by atoms with E-state index < -0.39 is 0 Å². The highest BCUT2D eigenvalue weighted by molar-refractivity contribution is 5.69. The van der Waals surface area contributed by atoms with Gasteiger partial charge in [0.05, 0.1) is 13.2 Å². The number of ether oxygens (including phenoxy) is 2. The Kier molecular flexibility index (Phi) is 19.4. The van der Waals surface area contributed by atoms with Crippen LogP contribution in [0.2, 0.25) is 0 Å². The quantitative estimate of drug-likeness (QED) is 0.196. The fourth-order valence-electron chi connectivity index (χ4n) is 2.82. The molecule has 0 aliphatic heterocycles. The highest BCUT2D eigenvalue weighted by atomic mass is 16.5. The van der Waals surface area contributed by atoms with Crippen molar-refractivity contribution < 1.29 is 19.1 Å². The van der Waals surface area contributed by atoms with Crippen LogP contribution in [-0.4, -0.2) is 25.2 Å². The van der Waals surface area contributed by atoms with Gasteiger partial charge in [-0.25, -0.2) is 0 Å². The zero-order valence-corrected chi connectivity index (χ0v) is 17.4. The summed E-state index contributed by atoms with van der Waals surface area (Å²) in [5, 5.41) is 0. The first-order chi connectivity index (χ1) is 12.7. The lowest BCUT2D eigenvalue weighted by atomic mass is 10.1. The number of unbranched alkanes of at least 4 members (excludes halogenated alkanes) is 11. The molecule has 154 valence electrons. The molecule has 0 unspecified atom stereocenters. The van der Waals surface area contributed by atoms with Crippen LogP contribution in [-0.2, 0) is 19.1 Å². The summed E-state index contributed by atoms with van der Waals surface area (Å²) in [6, 6.07) is 0. The standard InChI is InChI=1S/C22H42O4/c1-3-5-13-17-21(23)25-19-15-11-9-7-8-10-12-16-20-26-22(24)18-14-6-4-2/h3-20H2,1-2H3. The summed E-state index contributed by atoms with van der Waals surface area (Å²) in [6.45, 7) is 5.43. The van der Waals surface area contributed by atoms with Crippen LogP contribution in [0.3, 0.4) is 0 Å². The molecule has 0 saturated heterocycles. The molecular weight excluding hydrogens is 328 g/mol. The maximum Gasteiger partial charge on any atom is 0.305 e. The fraction of sp³-hybridized carbons (Fsp3) is 0.909. The first-order valence-electron chi connectivity index (χ1n) is 11.0. The molecule has 4 heteroatoms. The molecular formula is C22H42O4. The fourth-order valence-corrected chi connectivity index (χ4v) is 2.82. The monoisotopic (exact) mass is 370 g/mol. The van der Waals surface area contributed by atoms with Crippen LogP contribution in [0.4, 0.5) is 0 Å². The number of esters is 2. The number of carbonyl (C=O) groups excluding carboxylic acids is 2. The first kappa shape index (κ1) is 24.9. The zero-order valence-electron chi connectivity index (χ0n) is 17.4. The van der Waals surface area contributed by atoms with Crippen molar-refractivity contribution in [3.05, 3.63) is 0 Å². The third-order valence-electron chi connectivity index (χ3n) is 4.53. The van der Waals surface area contributed by atoms with Gasteiger partial charge >= 0.3 is 11.9 Å². The van der Waals surface area contributed by atoms with Gasteiger partial charge in [0.15, 0.2) is 0 Å². The molecule has 0 radical (unpaired) electrons. The van der Waals surface area contributed by atoms with Crippen LogP contribution >= 0.6 is 0 Å². The summed E-state index contributed by atoms with van der Waals surface area (Å²) in [4.78, 5) is 22.9. The second-order valence-corrected chi connectivity index (χ2v) is 7.18. The van der Waals surface area contributed by atoms with Gasteiger partial charge in [-0.3, -0.25) is 9.59 Å². The van der Waals surface area contributed by atoms with Crippen LogP contribution in [0.25, 0.3) is 0 Å².